The standard InChI is InChI=1S/C14H26N4O2/c1-6-12(18-10-11(15)9-16-18)7-8-17(5)13(19)20-14(2,3)4/h9-10,12H,6-8,15H2,1-5H3. The van der Waals surface area contributed by atoms with Crippen molar-refractivity contribution in [3.05, 3.63) is 12.4 Å². The molecule has 0 aliphatic rings. The maximum atomic E-state index is 11.9. The second-order valence-electron chi connectivity index (χ2n) is 6.01. The van der Waals surface area contributed by atoms with Crippen molar-refractivity contribution in [2.45, 2.75) is 52.2 Å². The van der Waals surface area contributed by atoms with Crippen LogP contribution in [0.3, 0.4) is 0 Å². The van der Waals surface area contributed by atoms with E-state index >= 15 is 0 Å². The van der Waals surface area contributed by atoms with Gasteiger partial charge in [-0.2, -0.15) is 5.10 Å². The number of nitrogens with zero attached hydrogens (tertiary/aromatic N) is 3. The Morgan fingerprint density at radius 3 is 2.65 bits per heavy atom. The summed E-state index contributed by atoms with van der Waals surface area (Å²) in [4.78, 5) is 13.5. The van der Waals surface area contributed by atoms with Crippen LogP contribution < -0.4 is 5.73 Å². The third-order valence-electron chi connectivity index (χ3n) is 2.97. The van der Waals surface area contributed by atoms with Gasteiger partial charge in [0.15, 0.2) is 0 Å². The summed E-state index contributed by atoms with van der Waals surface area (Å²) in [5, 5.41) is 4.23. The normalized spacial score (nSPS) is 13.1. The Bertz CT molecular complexity index is 437. The summed E-state index contributed by atoms with van der Waals surface area (Å²) in [6.07, 6.45) is 4.91. The monoisotopic (exact) mass is 282 g/mol. The summed E-state index contributed by atoms with van der Waals surface area (Å²) >= 11 is 0. The molecular formula is C14H26N4O2. The molecule has 0 radical (unpaired) electrons. The number of anilines is 1. The molecule has 1 unspecified atom stereocenters. The highest BCUT2D eigenvalue weighted by molar-refractivity contribution is 5.67. The maximum absolute atomic E-state index is 11.9. The molecule has 1 atom stereocenters. The smallest absolute Gasteiger partial charge is 0.410 e. The van der Waals surface area contributed by atoms with E-state index in [1.807, 2.05) is 31.6 Å². The largest absolute Gasteiger partial charge is 0.444 e. The second-order valence-corrected chi connectivity index (χ2v) is 6.01. The number of amides is 1. The van der Waals surface area contributed by atoms with Gasteiger partial charge in [0.05, 0.1) is 17.9 Å². The fourth-order valence-corrected chi connectivity index (χ4v) is 1.85. The van der Waals surface area contributed by atoms with E-state index in [0.29, 0.717) is 12.2 Å². The topological polar surface area (TPSA) is 73.4 Å². The Hall–Kier alpha value is -1.72. The highest BCUT2D eigenvalue weighted by Crippen LogP contribution is 2.17. The second kappa shape index (κ2) is 6.63. The third-order valence-corrected chi connectivity index (χ3v) is 2.97. The summed E-state index contributed by atoms with van der Waals surface area (Å²) in [6.45, 7) is 8.30. The lowest BCUT2D eigenvalue weighted by molar-refractivity contribution is 0.0290. The molecule has 0 spiro atoms. The molecular weight excluding hydrogens is 256 g/mol. The van der Waals surface area contributed by atoms with E-state index in [2.05, 4.69) is 12.0 Å². The predicted molar refractivity (Wildman–Crippen MR) is 79.4 cm³/mol. The number of hydrogen-bond acceptors (Lipinski definition) is 4. The number of aromatic nitrogens is 2. The number of nitrogen functional groups attached to an aromatic ring is 1. The van der Waals surface area contributed by atoms with Gasteiger partial charge in [0.25, 0.3) is 0 Å². The molecule has 20 heavy (non-hydrogen) atoms. The van der Waals surface area contributed by atoms with Crippen molar-refractivity contribution < 1.29 is 9.53 Å². The summed E-state index contributed by atoms with van der Waals surface area (Å²) in [5.41, 5.74) is 5.87. The van der Waals surface area contributed by atoms with E-state index < -0.39 is 5.60 Å². The van der Waals surface area contributed by atoms with Gasteiger partial charge in [-0.05, 0) is 33.6 Å². The van der Waals surface area contributed by atoms with E-state index in [1.165, 1.54) is 0 Å². The van der Waals surface area contributed by atoms with E-state index in [-0.39, 0.29) is 12.1 Å². The first-order valence-corrected chi connectivity index (χ1v) is 6.96. The molecule has 114 valence electrons. The summed E-state index contributed by atoms with van der Waals surface area (Å²) in [6, 6.07) is 0.234. The predicted octanol–water partition coefficient (Wildman–Crippen LogP) is 2.67. The molecule has 0 aromatic carbocycles. The number of ether oxygens (including phenoxy) is 1. The van der Waals surface area contributed by atoms with Crippen molar-refractivity contribution in [3.63, 3.8) is 0 Å². The van der Waals surface area contributed by atoms with Crippen LogP contribution in [0.15, 0.2) is 12.4 Å². The van der Waals surface area contributed by atoms with Gasteiger partial charge in [-0.25, -0.2) is 4.79 Å². The molecule has 2 N–H and O–H groups in total. The van der Waals surface area contributed by atoms with Crippen molar-refractivity contribution >= 4 is 11.8 Å². The van der Waals surface area contributed by atoms with Gasteiger partial charge in [0, 0.05) is 19.8 Å². The third kappa shape index (κ3) is 5.11. The molecule has 0 bridgehead atoms. The van der Waals surface area contributed by atoms with Gasteiger partial charge in [-0.3, -0.25) is 4.68 Å². The maximum Gasteiger partial charge on any atom is 0.410 e. The molecule has 0 saturated carbocycles. The van der Waals surface area contributed by atoms with Gasteiger partial charge >= 0.3 is 6.09 Å². The van der Waals surface area contributed by atoms with Crippen LogP contribution in [-0.2, 0) is 4.74 Å². The Morgan fingerprint density at radius 1 is 1.55 bits per heavy atom. The average Bonchev–Trinajstić information content (AvgIpc) is 2.74. The van der Waals surface area contributed by atoms with Crippen LogP contribution in [0.4, 0.5) is 10.5 Å². The minimum absolute atomic E-state index is 0.234. The van der Waals surface area contributed by atoms with Gasteiger partial charge in [-0.15, -0.1) is 0 Å². The van der Waals surface area contributed by atoms with E-state index in [4.69, 9.17) is 10.5 Å². The summed E-state index contributed by atoms with van der Waals surface area (Å²) < 4.78 is 7.18. The average molecular weight is 282 g/mol. The highest BCUT2D eigenvalue weighted by Gasteiger charge is 2.20. The van der Waals surface area contributed by atoms with Crippen molar-refractivity contribution in [2.24, 2.45) is 0 Å². The number of rotatable bonds is 5. The molecule has 0 saturated heterocycles. The molecule has 1 rings (SSSR count). The van der Waals surface area contributed by atoms with Gasteiger partial charge in [0.1, 0.15) is 5.60 Å². The van der Waals surface area contributed by atoms with Crippen LogP contribution in [0.25, 0.3) is 0 Å². The number of carbonyl (C=O) groups excluding carboxylic acids is 1. The molecule has 6 heteroatoms. The first kappa shape index (κ1) is 16.3. The zero-order valence-electron chi connectivity index (χ0n) is 13.1. The number of nitrogens with two attached hydrogens (primary N) is 1. The molecule has 1 amide bonds. The van der Waals surface area contributed by atoms with Crippen LogP contribution >= 0.6 is 0 Å². The minimum Gasteiger partial charge on any atom is -0.444 e. The van der Waals surface area contributed by atoms with Crippen LogP contribution in [0.5, 0.6) is 0 Å². The Balaban J connectivity index is 2.50. The highest BCUT2D eigenvalue weighted by atomic mass is 16.6. The molecule has 0 aliphatic heterocycles. The molecule has 1 aromatic rings. The lowest BCUT2D eigenvalue weighted by Gasteiger charge is -2.26. The molecule has 1 aromatic heterocycles. The van der Waals surface area contributed by atoms with Crippen molar-refractivity contribution in [1.82, 2.24) is 14.7 Å². The Morgan fingerprint density at radius 2 is 2.20 bits per heavy atom. The Labute approximate surface area is 120 Å². The van der Waals surface area contributed by atoms with Crippen LogP contribution in [0.2, 0.25) is 0 Å². The van der Waals surface area contributed by atoms with Gasteiger partial charge in [0.2, 0.25) is 0 Å². The number of carbonyl (C=O) groups is 1. The van der Waals surface area contributed by atoms with Crippen molar-refractivity contribution in [1.29, 1.82) is 0 Å². The lowest BCUT2D eigenvalue weighted by Crippen LogP contribution is -2.35. The van der Waals surface area contributed by atoms with E-state index in [0.717, 1.165) is 12.8 Å². The Kier molecular flexibility index (Phi) is 5.42. The SMILES string of the molecule is CCC(CCN(C)C(=O)OC(C)(C)C)n1cc(N)cn1. The minimum atomic E-state index is -0.466. The lowest BCUT2D eigenvalue weighted by atomic mass is 10.1. The van der Waals surface area contributed by atoms with Crippen LogP contribution in [-0.4, -0.2) is 40.0 Å². The zero-order chi connectivity index (χ0) is 15.3. The zero-order valence-corrected chi connectivity index (χ0v) is 13.1. The summed E-state index contributed by atoms with van der Waals surface area (Å²) in [5.74, 6) is 0. The fraction of sp³-hybridized carbons (Fsp3) is 0.714. The molecule has 0 fully saturated rings. The van der Waals surface area contributed by atoms with Gasteiger partial charge < -0.3 is 15.4 Å². The van der Waals surface area contributed by atoms with Crippen LogP contribution in [0.1, 0.15) is 46.6 Å². The van der Waals surface area contributed by atoms with Crippen molar-refractivity contribution in [2.75, 3.05) is 19.3 Å². The molecule has 1 heterocycles. The molecule has 6 nitrogen and oxygen atoms in total. The van der Waals surface area contributed by atoms with Gasteiger partial charge in [-0.1, -0.05) is 6.92 Å². The molecule has 0 aliphatic carbocycles. The van der Waals surface area contributed by atoms with E-state index in [1.54, 1.807) is 18.1 Å². The van der Waals surface area contributed by atoms with Crippen molar-refractivity contribution in [3.8, 4) is 0 Å². The van der Waals surface area contributed by atoms with E-state index in [9.17, 15) is 4.79 Å². The number of hydrogen-bond donors (Lipinski definition) is 1. The van der Waals surface area contributed by atoms with Crippen LogP contribution in [0, 0.1) is 0 Å². The first-order valence-electron chi connectivity index (χ1n) is 6.96. The summed E-state index contributed by atoms with van der Waals surface area (Å²) in [7, 11) is 1.75. The fourth-order valence-electron chi connectivity index (χ4n) is 1.85. The first-order chi connectivity index (χ1) is 9.23. The quantitative estimate of drug-likeness (QED) is 0.901.